The maximum absolute atomic E-state index is 6.21. The summed E-state index contributed by atoms with van der Waals surface area (Å²) in [6.45, 7) is 7.12. The lowest BCUT2D eigenvalue weighted by Gasteiger charge is -2.18. The van der Waals surface area contributed by atoms with E-state index in [1.54, 1.807) is 0 Å². The topological polar surface area (TPSA) is 12.0 Å². The summed E-state index contributed by atoms with van der Waals surface area (Å²) < 4.78 is 0. The third-order valence-corrected chi connectivity index (χ3v) is 4.39. The lowest BCUT2D eigenvalue weighted by atomic mass is 10.00. The van der Waals surface area contributed by atoms with Crippen LogP contribution in [0.5, 0.6) is 0 Å². The minimum absolute atomic E-state index is 0.268. The van der Waals surface area contributed by atoms with Gasteiger partial charge in [0.05, 0.1) is 10.0 Å². The van der Waals surface area contributed by atoms with Gasteiger partial charge in [-0.3, -0.25) is 0 Å². The third kappa shape index (κ3) is 3.54. The van der Waals surface area contributed by atoms with Gasteiger partial charge in [-0.2, -0.15) is 0 Å². The Bertz CT molecular complexity index is 608. The molecule has 0 saturated heterocycles. The molecule has 2 aromatic carbocycles. The number of rotatable bonds is 4. The van der Waals surface area contributed by atoms with E-state index in [0.29, 0.717) is 16.6 Å². The molecule has 0 radical (unpaired) electrons. The second kappa shape index (κ2) is 6.62. The van der Waals surface area contributed by atoms with Crippen LogP contribution in [0.4, 0.5) is 0 Å². The number of benzene rings is 2. The van der Waals surface area contributed by atoms with Crippen molar-refractivity contribution in [3.05, 3.63) is 68.7 Å². The van der Waals surface area contributed by atoms with Crippen LogP contribution in [0.2, 0.25) is 10.0 Å². The van der Waals surface area contributed by atoms with E-state index in [-0.39, 0.29) is 6.04 Å². The zero-order valence-corrected chi connectivity index (χ0v) is 13.5. The van der Waals surface area contributed by atoms with Crippen LogP contribution in [0.15, 0.2) is 36.4 Å². The normalized spacial score (nSPS) is 12.4. The van der Waals surface area contributed by atoms with Gasteiger partial charge in [0.15, 0.2) is 0 Å². The van der Waals surface area contributed by atoms with E-state index in [9.17, 15) is 0 Å². The lowest BCUT2D eigenvalue weighted by molar-refractivity contribution is 0.572. The SMILES string of the molecule is Cc1ccc(C)c(C(C)NCc2cccc(Cl)c2Cl)c1. The number of halogens is 2. The molecule has 3 heteroatoms. The highest BCUT2D eigenvalue weighted by molar-refractivity contribution is 6.42. The Hall–Kier alpha value is -1.02. The molecular weight excluding hydrogens is 289 g/mol. The van der Waals surface area contributed by atoms with Gasteiger partial charge in [-0.1, -0.05) is 59.1 Å². The minimum Gasteiger partial charge on any atom is -0.306 e. The number of aryl methyl sites for hydroxylation is 2. The molecule has 0 aliphatic heterocycles. The maximum atomic E-state index is 6.21. The van der Waals surface area contributed by atoms with Crippen molar-refractivity contribution in [1.29, 1.82) is 0 Å². The van der Waals surface area contributed by atoms with Crippen LogP contribution in [0.3, 0.4) is 0 Å². The van der Waals surface area contributed by atoms with Crippen molar-refractivity contribution in [2.24, 2.45) is 0 Å². The molecule has 106 valence electrons. The van der Waals surface area contributed by atoms with Gasteiger partial charge in [0.1, 0.15) is 0 Å². The van der Waals surface area contributed by atoms with Crippen LogP contribution in [0, 0.1) is 13.8 Å². The summed E-state index contributed by atoms with van der Waals surface area (Å²) in [7, 11) is 0. The van der Waals surface area contributed by atoms with Crippen molar-refractivity contribution in [3.63, 3.8) is 0 Å². The zero-order valence-electron chi connectivity index (χ0n) is 12.0. The van der Waals surface area contributed by atoms with Crippen LogP contribution < -0.4 is 5.32 Å². The molecule has 1 nitrogen and oxygen atoms in total. The van der Waals surface area contributed by atoms with Crippen LogP contribution in [0.1, 0.15) is 35.2 Å². The second-order valence-corrected chi connectivity index (χ2v) is 5.96. The first-order valence-corrected chi connectivity index (χ1v) is 7.48. The Morgan fingerprint density at radius 1 is 1.10 bits per heavy atom. The fourth-order valence-electron chi connectivity index (χ4n) is 2.28. The van der Waals surface area contributed by atoms with E-state index in [2.05, 4.69) is 44.3 Å². The van der Waals surface area contributed by atoms with Gasteiger partial charge in [0.25, 0.3) is 0 Å². The maximum Gasteiger partial charge on any atom is 0.0637 e. The summed E-state index contributed by atoms with van der Waals surface area (Å²) in [5.41, 5.74) is 4.92. The van der Waals surface area contributed by atoms with E-state index in [1.807, 2.05) is 18.2 Å². The average molecular weight is 308 g/mol. The molecule has 0 heterocycles. The summed E-state index contributed by atoms with van der Waals surface area (Å²) in [6, 6.07) is 12.5. The quantitative estimate of drug-likeness (QED) is 0.790. The van der Waals surface area contributed by atoms with E-state index in [4.69, 9.17) is 23.2 Å². The largest absolute Gasteiger partial charge is 0.306 e. The van der Waals surface area contributed by atoms with E-state index in [1.165, 1.54) is 16.7 Å². The van der Waals surface area contributed by atoms with Crippen molar-refractivity contribution >= 4 is 23.2 Å². The summed E-state index contributed by atoms with van der Waals surface area (Å²) in [4.78, 5) is 0. The van der Waals surface area contributed by atoms with Gasteiger partial charge in [0.2, 0.25) is 0 Å². The molecule has 2 rings (SSSR count). The molecule has 0 fully saturated rings. The van der Waals surface area contributed by atoms with E-state index in [0.717, 1.165) is 5.56 Å². The summed E-state index contributed by atoms with van der Waals surface area (Å²) in [5, 5.41) is 4.74. The first kappa shape index (κ1) is 15.4. The summed E-state index contributed by atoms with van der Waals surface area (Å²) >= 11 is 12.2. The minimum atomic E-state index is 0.268. The third-order valence-electron chi connectivity index (χ3n) is 3.53. The molecule has 1 atom stereocenters. The first-order chi connectivity index (χ1) is 9.49. The number of nitrogens with one attached hydrogen (secondary N) is 1. The highest BCUT2D eigenvalue weighted by Crippen LogP contribution is 2.26. The zero-order chi connectivity index (χ0) is 14.7. The molecule has 0 amide bonds. The van der Waals surface area contributed by atoms with Gasteiger partial charge in [0, 0.05) is 12.6 Å². The molecule has 0 aliphatic carbocycles. The molecular formula is C17H19Cl2N. The van der Waals surface area contributed by atoms with Crippen LogP contribution >= 0.6 is 23.2 Å². The predicted octanol–water partition coefficient (Wildman–Crippen LogP) is 5.46. The Balaban J connectivity index is 2.10. The average Bonchev–Trinajstić information content (AvgIpc) is 2.43. The Kier molecular flexibility index (Phi) is 5.09. The molecule has 1 unspecified atom stereocenters. The fraction of sp³-hybridized carbons (Fsp3) is 0.294. The van der Waals surface area contributed by atoms with E-state index >= 15 is 0 Å². The van der Waals surface area contributed by atoms with Crippen molar-refractivity contribution in [2.75, 3.05) is 0 Å². The highest BCUT2D eigenvalue weighted by atomic mass is 35.5. The molecule has 0 bridgehead atoms. The van der Waals surface area contributed by atoms with Crippen molar-refractivity contribution < 1.29 is 0 Å². The molecule has 20 heavy (non-hydrogen) atoms. The number of hydrogen-bond acceptors (Lipinski definition) is 1. The highest BCUT2D eigenvalue weighted by Gasteiger charge is 2.10. The van der Waals surface area contributed by atoms with Gasteiger partial charge in [-0.15, -0.1) is 0 Å². The molecule has 0 saturated carbocycles. The molecule has 1 N–H and O–H groups in total. The molecule has 0 spiro atoms. The Labute approximate surface area is 130 Å². The predicted molar refractivity (Wildman–Crippen MR) is 87.6 cm³/mol. The van der Waals surface area contributed by atoms with Crippen molar-refractivity contribution in [1.82, 2.24) is 5.32 Å². The second-order valence-electron chi connectivity index (χ2n) is 5.18. The molecule has 0 aromatic heterocycles. The van der Waals surface area contributed by atoms with Gasteiger partial charge >= 0.3 is 0 Å². The Morgan fingerprint density at radius 2 is 1.85 bits per heavy atom. The molecule has 2 aromatic rings. The van der Waals surface area contributed by atoms with Crippen molar-refractivity contribution in [2.45, 2.75) is 33.4 Å². The van der Waals surface area contributed by atoms with Crippen molar-refractivity contribution in [3.8, 4) is 0 Å². The van der Waals surface area contributed by atoms with Crippen LogP contribution in [0.25, 0.3) is 0 Å². The summed E-state index contributed by atoms with van der Waals surface area (Å²) in [5.74, 6) is 0. The first-order valence-electron chi connectivity index (χ1n) is 6.72. The standard InChI is InChI=1S/C17H19Cl2N/c1-11-7-8-12(2)15(9-11)13(3)20-10-14-5-4-6-16(18)17(14)19/h4-9,13,20H,10H2,1-3H3. The van der Waals surface area contributed by atoms with Gasteiger partial charge < -0.3 is 5.32 Å². The Morgan fingerprint density at radius 3 is 2.60 bits per heavy atom. The smallest absolute Gasteiger partial charge is 0.0637 e. The number of hydrogen-bond donors (Lipinski definition) is 1. The molecule has 0 aliphatic rings. The fourth-order valence-corrected chi connectivity index (χ4v) is 2.67. The van der Waals surface area contributed by atoms with Gasteiger partial charge in [-0.05, 0) is 43.5 Å². The summed E-state index contributed by atoms with van der Waals surface area (Å²) in [6.07, 6.45) is 0. The van der Waals surface area contributed by atoms with Crippen LogP contribution in [-0.2, 0) is 6.54 Å². The monoisotopic (exact) mass is 307 g/mol. The van der Waals surface area contributed by atoms with Crippen LogP contribution in [-0.4, -0.2) is 0 Å². The van der Waals surface area contributed by atoms with Gasteiger partial charge in [-0.25, -0.2) is 0 Å². The van der Waals surface area contributed by atoms with E-state index < -0.39 is 0 Å². The lowest BCUT2D eigenvalue weighted by Crippen LogP contribution is -2.19.